The lowest BCUT2D eigenvalue weighted by molar-refractivity contribution is 0.484. The van der Waals surface area contributed by atoms with Crippen molar-refractivity contribution in [3.05, 3.63) is 29.3 Å². The molecular weight excluding hydrogens is 234 g/mol. The van der Waals surface area contributed by atoms with Gasteiger partial charge in [0.15, 0.2) is 9.84 Å². The molecule has 1 fully saturated rings. The Labute approximate surface area is 103 Å². The van der Waals surface area contributed by atoms with Gasteiger partial charge < -0.3 is 5.73 Å². The van der Waals surface area contributed by atoms with Crippen LogP contribution in [-0.2, 0) is 16.3 Å². The number of para-hydroxylation sites is 1. The van der Waals surface area contributed by atoms with Crippen molar-refractivity contribution in [3.8, 4) is 0 Å². The highest BCUT2D eigenvalue weighted by molar-refractivity contribution is 7.91. The summed E-state index contributed by atoms with van der Waals surface area (Å²) in [7, 11) is -2.82. The van der Waals surface area contributed by atoms with Gasteiger partial charge in [0, 0.05) is 5.69 Å². The number of anilines is 1. The van der Waals surface area contributed by atoms with Gasteiger partial charge in [0.2, 0.25) is 0 Å². The second-order valence-corrected chi connectivity index (χ2v) is 7.20. The van der Waals surface area contributed by atoms with Gasteiger partial charge in [0.1, 0.15) is 0 Å². The molecule has 1 unspecified atom stereocenters. The fourth-order valence-corrected chi connectivity index (χ4v) is 4.29. The van der Waals surface area contributed by atoms with E-state index >= 15 is 0 Å². The SMILES string of the molecule is Cc1cccc(CC2CCCS(=O)(=O)C2)c1N. The third-order valence-corrected chi connectivity index (χ3v) is 5.37. The first-order valence-corrected chi connectivity index (χ1v) is 7.84. The minimum absolute atomic E-state index is 0.234. The average Bonchev–Trinajstić information content (AvgIpc) is 2.23. The van der Waals surface area contributed by atoms with Crippen molar-refractivity contribution in [1.29, 1.82) is 0 Å². The largest absolute Gasteiger partial charge is 0.398 e. The van der Waals surface area contributed by atoms with Crippen molar-refractivity contribution in [2.75, 3.05) is 17.2 Å². The van der Waals surface area contributed by atoms with Crippen molar-refractivity contribution < 1.29 is 8.42 Å². The molecule has 1 atom stereocenters. The normalized spacial score (nSPS) is 23.5. The van der Waals surface area contributed by atoms with Crippen molar-refractivity contribution in [2.24, 2.45) is 5.92 Å². The molecule has 0 radical (unpaired) electrons. The summed E-state index contributed by atoms with van der Waals surface area (Å²) < 4.78 is 23.1. The molecule has 1 heterocycles. The van der Waals surface area contributed by atoms with E-state index in [4.69, 9.17) is 5.73 Å². The van der Waals surface area contributed by atoms with Crippen molar-refractivity contribution >= 4 is 15.5 Å². The zero-order valence-electron chi connectivity index (χ0n) is 10.1. The number of hydrogen-bond acceptors (Lipinski definition) is 3. The molecule has 1 aromatic carbocycles. The molecule has 3 nitrogen and oxygen atoms in total. The molecule has 0 saturated carbocycles. The Morgan fingerprint density at radius 2 is 2.18 bits per heavy atom. The molecule has 0 spiro atoms. The third-order valence-electron chi connectivity index (χ3n) is 3.48. The number of sulfone groups is 1. The smallest absolute Gasteiger partial charge is 0.150 e. The second kappa shape index (κ2) is 4.69. The first-order valence-electron chi connectivity index (χ1n) is 6.02. The molecule has 4 heteroatoms. The Kier molecular flexibility index (Phi) is 3.43. The predicted molar refractivity (Wildman–Crippen MR) is 70.7 cm³/mol. The molecule has 1 aliphatic heterocycles. The molecule has 17 heavy (non-hydrogen) atoms. The van der Waals surface area contributed by atoms with E-state index in [-0.39, 0.29) is 5.92 Å². The Hall–Kier alpha value is -1.03. The lowest BCUT2D eigenvalue weighted by Crippen LogP contribution is -2.26. The van der Waals surface area contributed by atoms with Crippen LogP contribution in [0.15, 0.2) is 18.2 Å². The maximum atomic E-state index is 11.6. The molecule has 1 saturated heterocycles. The van der Waals surface area contributed by atoms with Crippen LogP contribution in [0.5, 0.6) is 0 Å². The fraction of sp³-hybridized carbons (Fsp3) is 0.538. The number of aryl methyl sites for hydroxylation is 1. The van der Waals surface area contributed by atoms with Gasteiger partial charge in [-0.3, -0.25) is 0 Å². The van der Waals surface area contributed by atoms with Crippen LogP contribution in [-0.4, -0.2) is 19.9 Å². The van der Waals surface area contributed by atoms with E-state index in [9.17, 15) is 8.42 Å². The van der Waals surface area contributed by atoms with E-state index in [1.54, 1.807) is 0 Å². The monoisotopic (exact) mass is 253 g/mol. The number of rotatable bonds is 2. The zero-order valence-corrected chi connectivity index (χ0v) is 11.0. The third kappa shape index (κ3) is 3.00. The maximum Gasteiger partial charge on any atom is 0.150 e. The molecule has 0 amide bonds. The summed E-state index contributed by atoms with van der Waals surface area (Å²) in [5, 5.41) is 0. The van der Waals surface area contributed by atoms with E-state index in [0.717, 1.165) is 36.1 Å². The number of hydrogen-bond donors (Lipinski definition) is 1. The van der Waals surface area contributed by atoms with Crippen LogP contribution in [0.1, 0.15) is 24.0 Å². The van der Waals surface area contributed by atoms with Gasteiger partial charge in [0.25, 0.3) is 0 Å². The molecule has 0 bridgehead atoms. The van der Waals surface area contributed by atoms with E-state index in [1.807, 2.05) is 25.1 Å². The number of nitrogens with two attached hydrogens (primary N) is 1. The first-order chi connectivity index (χ1) is 7.98. The molecule has 94 valence electrons. The molecule has 0 aliphatic carbocycles. The van der Waals surface area contributed by atoms with Crippen LogP contribution < -0.4 is 5.73 Å². The molecular formula is C13H19NO2S. The molecule has 1 aliphatic rings. The Morgan fingerprint density at radius 3 is 2.88 bits per heavy atom. The summed E-state index contributed by atoms with van der Waals surface area (Å²) in [4.78, 5) is 0. The quantitative estimate of drug-likeness (QED) is 0.819. The highest BCUT2D eigenvalue weighted by Crippen LogP contribution is 2.26. The zero-order chi connectivity index (χ0) is 12.5. The lowest BCUT2D eigenvalue weighted by Gasteiger charge is -2.22. The second-order valence-electron chi connectivity index (χ2n) is 4.97. The molecule has 1 aromatic rings. The van der Waals surface area contributed by atoms with Gasteiger partial charge >= 0.3 is 0 Å². The topological polar surface area (TPSA) is 60.2 Å². The van der Waals surface area contributed by atoms with Gasteiger partial charge in [-0.15, -0.1) is 0 Å². The van der Waals surface area contributed by atoms with E-state index in [2.05, 4.69) is 0 Å². The van der Waals surface area contributed by atoms with Crippen LogP contribution in [0.2, 0.25) is 0 Å². The fourth-order valence-electron chi connectivity index (χ4n) is 2.51. The van der Waals surface area contributed by atoms with Gasteiger partial charge in [-0.25, -0.2) is 8.42 Å². The first kappa shape index (κ1) is 12.4. The summed E-state index contributed by atoms with van der Waals surface area (Å²) in [6.45, 7) is 1.98. The summed E-state index contributed by atoms with van der Waals surface area (Å²) in [6, 6.07) is 5.97. The Bertz CT molecular complexity index is 508. The van der Waals surface area contributed by atoms with Gasteiger partial charge in [-0.1, -0.05) is 18.2 Å². The Balaban J connectivity index is 2.13. The van der Waals surface area contributed by atoms with Crippen LogP contribution >= 0.6 is 0 Å². The van der Waals surface area contributed by atoms with E-state index in [0.29, 0.717) is 11.5 Å². The molecule has 2 N–H and O–H groups in total. The lowest BCUT2D eigenvalue weighted by atomic mass is 9.94. The summed E-state index contributed by atoms with van der Waals surface area (Å²) in [5.41, 5.74) is 8.99. The highest BCUT2D eigenvalue weighted by atomic mass is 32.2. The van der Waals surface area contributed by atoms with Crippen LogP contribution in [0.3, 0.4) is 0 Å². The van der Waals surface area contributed by atoms with Crippen molar-refractivity contribution in [3.63, 3.8) is 0 Å². The van der Waals surface area contributed by atoms with E-state index < -0.39 is 9.84 Å². The van der Waals surface area contributed by atoms with Crippen LogP contribution in [0.25, 0.3) is 0 Å². The summed E-state index contributed by atoms with van der Waals surface area (Å²) in [6.07, 6.45) is 2.57. The summed E-state index contributed by atoms with van der Waals surface area (Å²) >= 11 is 0. The van der Waals surface area contributed by atoms with Gasteiger partial charge in [0.05, 0.1) is 11.5 Å². The molecule has 2 rings (SSSR count). The number of benzene rings is 1. The van der Waals surface area contributed by atoms with Crippen molar-refractivity contribution in [2.45, 2.75) is 26.2 Å². The van der Waals surface area contributed by atoms with Crippen LogP contribution in [0.4, 0.5) is 5.69 Å². The Morgan fingerprint density at radius 1 is 1.41 bits per heavy atom. The highest BCUT2D eigenvalue weighted by Gasteiger charge is 2.25. The minimum Gasteiger partial charge on any atom is -0.398 e. The standard InChI is InChI=1S/C13H19NO2S/c1-10-4-2-6-12(13(10)14)8-11-5-3-7-17(15,16)9-11/h2,4,6,11H,3,5,7-9,14H2,1H3. The minimum atomic E-state index is -2.82. The van der Waals surface area contributed by atoms with E-state index in [1.165, 1.54) is 0 Å². The van der Waals surface area contributed by atoms with Gasteiger partial charge in [-0.05, 0) is 43.2 Å². The average molecular weight is 253 g/mol. The predicted octanol–water partition coefficient (Wildman–Crippen LogP) is 1.94. The summed E-state index contributed by atoms with van der Waals surface area (Å²) in [5.74, 6) is 0.908. The molecule has 0 aromatic heterocycles. The van der Waals surface area contributed by atoms with Gasteiger partial charge in [-0.2, -0.15) is 0 Å². The number of nitrogen functional groups attached to an aromatic ring is 1. The van der Waals surface area contributed by atoms with Crippen LogP contribution in [0, 0.1) is 12.8 Å². The van der Waals surface area contributed by atoms with Crippen molar-refractivity contribution in [1.82, 2.24) is 0 Å². The maximum absolute atomic E-state index is 11.6.